The molecule has 0 amide bonds. The van der Waals surface area contributed by atoms with Gasteiger partial charge in [0.2, 0.25) is 0 Å². The summed E-state index contributed by atoms with van der Waals surface area (Å²) in [6, 6.07) is 8.87. The van der Waals surface area contributed by atoms with Crippen LogP contribution in [0.4, 0.5) is 0 Å². The minimum absolute atomic E-state index is 0.178. The summed E-state index contributed by atoms with van der Waals surface area (Å²) < 4.78 is 1.34. The van der Waals surface area contributed by atoms with Gasteiger partial charge >= 0.3 is 11.7 Å². The summed E-state index contributed by atoms with van der Waals surface area (Å²) in [5, 5.41) is 23.9. The molecule has 102 valence electrons. The van der Waals surface area contributed by atoms with Crippen molar-refractivity contribution in [2.24, 2.45) is 0 Å². The molecule has 1 heterocycles. The summed E-state index contributed by atoms with van der Waals surface area (Å²) in [5.41, 5.74) is 0.851. The van der Waals surface area contributed by atoms with Crippen molar-refractivity contribution >= 4 is 17.7 Å². The second kappa shape index (κ2) is 6.08. The van der Waals surface area contributed by atoms with Crippen molar-refractivity contribution in [3.8, 4) is 6.07 Å². The minimum Gasteiger partial charge on any atom is -0.481 e. The molecule has 0 unspecified atom stereocenters. The van der Waals surface area contributed by atoms with Crippen LogP contribution in [0.1, 0.15) is 11.1 Å². The molecule has 2 rings (SSSR count). The molecule has 0 radical (unpaired) electrons. The molecule has 7 nitrogen and oxygen atoms in total. The average Bonchev–Trinajstić information content (AvgIpc) is 2.78. The monoisotopic (exact) mass is 290 g/mol. The predicted molar refractivity (Wildman–Crippen MR) is 71.5 cm³/mol. The van der Waals surface area contributed by atoms with Crippen LogP contribution >= 0.6 is 11.8 Å². The standard InChI is InChI=1S/C12H10N4O3S/c13-5-8-2-1-3-9(4-8)6-16-11(19)14-15-12(16)20-7-10(17)18/h1-4H,6-7H2,(H,14,19)(H,17,18). The van der Waals surface area contributed by atoms with Crippen molar-refractivity contribution in [3.63, 3.8) is 0 Å². The zero-order chi connectivity index (χ0) is 14.5. The number of nitriles is 1. The Morgan fingerprint density at radius 1 is 1.55 bits per heavy atom. The van der Waals surface area contributed by atoms with Crippen molar-refractivity contribution in [1.29, 1.82) is 5.26 Å². The van der Waals surface area contributed by atoms with Crippen LogP contribution < -0.4 is 5.69 Å². The Bertz CT molecular complexity index is 729. The molecule has 0 bridgehead atoms. The number of nitrogens with zero attached hydrogens (tertiary/aromatic N) is 3. The van der Waals surface area contributed by atoms with Crippen molar-refractivity contribution in [1.82, 2.24) is 14.8 Å². The van der Waals surface area contributed by atoms with Crippen LogP contribution in [0, 0.1) is 11.3 Å². The predicted octanol–water partition coefficient (Wildman–Crippen LogP) is 0.668. The van der Waals surface area contributed by atoms with Gasteiger partial charge in [-0.15, -0.1) is 5.10 Å². The maximum absolute atomic E-state index is 11.7. The third kappa shape index (κ3) is 3.27. The average molecular weight is 290 g/mol. The van der Waals surface area contributed by atoms with E-state index in [2.05, 4.69) is 10.2 Å². The normalized spacial score (nSPS) is 10.2. The van der Waals surface area contributed by atoms with Gasteiger partial charge < -0.3 is 5.11 Å². The van der Waals surface area contributed by atoms with Crippen LogP contribution in [-0.2, 0) is 11.3 Å². The Hall–Kier alpha value is -2.53. The first-order chi connectivity index (χ1) is 9.60. The van der Waals surface area contributed by atoms with Crippen LogP contribution in [0.2, 0.25) is 0 Å². The van der Waals surface area contributed by atoms with Crippen LogP contribution in [0.25, 0.3) is 0 Å². The van der Waals surface area contributed by atoms with E-state index >= 15 is 0 Å². The number of rotatable bonds is 5. The van der Waals surface area contributed by atoms with Gasteiger partial charge in [-0.25, -0.2) is 9.89 Å². The number of thioether (sulfide) groups is 1. The van der Waals surface area contributed by atoms with Crippen LogP contribution in [0.3, 0.4) is 0 Å². The van der Waals surface area contributed by atoms with Crippen LogP contribution in [0.5, 0.6) is 0 Å². The minimum atomic E-state index is -0.983. The number of H-pyrrole nitrogens is 1. The van der Waals surface area contributed by atoms with Gasteiger partial charge in [-0.1, -0.05) is 23.9 Å². The van der Waals surface area contributed by atoms with E-state index < -0.39 is 11.7 Å². The summed E-state index contributed by atoms with van der Waals surface area (Å²) in [6.07, 6.45) is 0. The Morgan fingerprint density at radius 3 is 3.05 bits per heavy atom. The molecule has 20 heavy (non-hydrogen) atoms. The number of carboxylic acids is 1. The first-order valence-corrected chi connectivity index (χ1v) is 6.57. The van der Waals surface area contributed by atoms with Gasteiger partial charge in [-0.2, -0.15) is 5.26 Å². The maximum Gasteiger partial charge on any atom is 0.344 e. The molecular formula is C12H10N4O3S. The number of aliphatic carboxylic acids is 1. The lowest BCUT2D eigenvalue weighted by atomic mass is 10.1. The fourth-order valence-corrected chi connectivity index (χ4v) is 2.27. The Kier molecular flexibility index (Phi) is 4.22. The van der Waals surface area contributed by atoms with Gasteiger partial charge in [-0.05, 0) is 17.7 Å². The number of benzene rings is 1. The molecule has 0 spiro atoms. The lowest BCUT2D eigenvalue weighted by molar-refractivity contribution is -0.133. The van der Waals surface area contributed by atoms with Crippen molar-refractivity contribution in [2.45, 2.75) is 11.7 Å². The topological polar surface area (TPSA) is 112 Å². The van der Waals surface area contributed by atoms with Gasteiger partial charge in [0.15, 0.2) is 5.16 Å². The number of carboxylic acid groups (broad SMARTS) is 1. The van der Waals surface area contributed by atoms with Gasteiger partial charge in [0.25, 0.3) is 0 Å². The van der Waals surface area contributed by atoms with Gasteiger partial charge in [-0.3, -0.25) is 9.36 Å². The zero-order valence-electron chi connectivity index (χ0n) is 10.2. The third-order valence-electron chi connectivity index (χ3n) is 2.44. The molecule has 0 saturated carbocycles. The van der Waals surface area contributed by atoms with E-state index in [0.29, 0.717) is 10.7 Å². The SMILES string of the molecule is N#Cc1cccc(Cn2c(SCC(=O)O)n[nH]c2=O)c1. The molecule has 2 N–H and O–H groups in total. The van der Waals surface area contributed by atoms with Crippen LogP contribution in [0.15, 0.2) is 34.2 Å². The smallest absolute Gasteiger partial charge is 0.344 e. The highest BCUT2D eigenvalue weighted by molar-refractivity contribution is 7.99. The quantitative estimate of drug-likeness (QED) is 0.783. The summed E-state index contributed by atoms with van der Waals surface area (Å²) in [7, 11) is 0. The first kappa shape index (κ1) is 13.9. The number of hydrogen-bond donors (Lipinski definition) is 2. The molecular weight excluding hydrogens is 280 g/mol. The number of hydrogen-bond acceptors (Lipinski definition) is 5. The maximum atomic E-state index is 11.7. The molecule has 0 atom stereocenters. The van der Waals surface area contributed by atoms with Crippen molar-refractivity contribution < 1.29 is 9.90 Å². The summed E-state index contributed by atoms with van der Waals surface area (Å²) in [5.74, 6) is -1.16. The summed E-state index contributed by atoms with van der Waals surface area (Å²) in [6.45, 7) is 0.229. The second-order valence-electron chi connectivity index (χ2n) is 3.89. The highest BCUT2D eigenvalue weighted by atomic mass is 32.2. The largest absolute Gasteiger partial charge is 0.481 e. The number of aromatic nitrogens is 3. The van der Waals surface area contributed by atoms with E-state index in [1.54, 1.807) is 24.3 Å². The molecule has 2 aromatic rings. The Morgan fingerprint density at radius 2 is 2.35 bits per heavy atom. The number of aromatic amines is 1. The summed E-state index contributed by atoms with van der Waals surface area (Å²) in [4.78, 5) is 22.2. The Labute approximate surface area is 117 Å². The number of carbonyl (C=O) groups is 1. The lowest BCUT2D eigenvalue weighted by Crippen LogP contribution is -2.18. The molecule has 0 saturated heterocycles. The third-order valence-corrected chi connectivity index (χ3v) is 3.41. The van der Waals surface area contributed by atoms with Crippen LogP contribution in [-0.4, -0.2) is 31.6 Å². The van der Waals surface area contributed by atoms with E-state index in [-0.39, 0.29) is 12.3 Å². The molecule has 1 aromatic heterocycles. The molecule has 1 aromatic carbocycles. The molecule has 0 aliphatic heterocycles. The highest BCUT2D eigenvalue weighted by Gasteiger charge is 2.11. The van der Waals surface area contributed by atoms with E-state index in [4.69, 9.17) is 10.4 Å². The van der Waals surface area contributed by atoms with E-state index in [0.717, 1.165) is 17.3 Å². The molecule has 8 heteroatoms. The lowest BCUT2D eigenvalue weighted by Gasteiger charge is -2.05. The molecule has 0 aliphatic rings. The van der Waals surface area contributed by atoms with E-state index in [9.17, 15) is 9.59 Å². The van der Waals surface area contributed by atoms with Crippen molar-refractivity contribution in [3.05, 3.63) is 45.9 Å². The molecule has 0 fully saturated rings. The highest BCUT2D eigenvalue weighted by Crippen LogP contribution is 2.14. The van der Waals surface area contributed by atoms with Crippen molar-refractivity contribution in [2.75, 3.05) is 5.75 Å². The first-order valence-electron chi connectivity index (χ1n) is 5.59. The van der Waals surface area contributed by atoms with Gasteiger partial charge in [0, 0.05) is 0 Å². The Balaban J connectivity index is 2.24. The number of nitrogens with one attached hydrogen (secondary N) is 1. The molecule has 0 aliphatic carbocycles. The zero-order valence-corrected chi connectivity index (χ0v) is 11.1. The second-order valence-corrected chi connectivity index (χ2v) is 4.83. The van der Waals surface area contributed by atoms with Gasteiger partial charge in [0.05, 0.1) is 23.9 Å². The van der Waals surface area contributed by atoms with Gasteiger partial charge in [0.1, 0.15) is 0 Å². The fourth-order valence-electron chi connectivity index (χ4n) is 1.60. The summed E-state index contributed by atoms with van der Waals surface area (Å²) >= 11 is 0.961. The fraction of sp³-hybridized carbons (Fsp3) is 0.167. The van der Waals surface area contributed by atoms with E-state index in [1.165, 1.54) is 4.57 Å². The van der Waals surface area contributed by atoms with E-state index in [1.807, 2.05) is 6.07 Å².